The van der Waals surface area contributed by atoms with Crippen LogP contribution < -0.4 is 15.9 Å². The van der Waals surface area contributed by atoms with Crippen molar-refractivity contribution in [1.82, 2.24) is 4.98 Å². The number of pyridine rings is 1. The van der Waals surface area contributed by atoms with Crippen LogP contribution in [0.3, 0.4) is 0 Å². The van der Waals surface area contributed by atoms with Crippen LogP contribution in [0.15, 0.2) is 228 Å². The molecular formula is C56H36NOPS. The van der Waals surface area contributed by atoms with E-state index in [2.05, 4.69) is 158 Å². The molecular weight excluding hydrogens is 766 g/mol. The van der Waals surface area contributed by atoms with Gasteiger partial charge in [0.15, 0.2) is 7.14 Å². The molecule has 0 N–H and O–H groups in total. The largest absolute Gasteiger partial charge is 0.309 e. The summed E-state index contributed by atoms with van der Waals surface area (Å²) in [7, 11) is -3.11. The van der Waals surface area contributed by atoms with Gasteiger partial charge < -0.3 is 4.57 Å². The predicted octanol–water partition coefficient (Wildman–Crippen LogP) is 13.2. The van der Waals surface area contributed by atoms with Gasteiger partial charge >= 0.3 is 0 Å². The Labute approximate surface area is 353 Å². The molecule has 0 unspecified atom stereocenters. The average molecular weight is 802 g/mol. The maximum atomic E-state index is 15.2. The zero-order valence-electron chi connectivity index (χ0n) is 32.5. The molecule has 12 rings (SSSR count). The lowest BCUT2D eigenvalue weighted by molar-refractivity contribution is 0.592. The van der Waals surface area contributed by atoms with Crippen LogP contribution in [-0.4, -0.2) is 4.98 Å². The molecule has 1 aliphatic heterocycles. The fourth-order valence-electron chi connectivity index (χ4n) is 9.98. The van der Waals surface area contributed by atoms with Crippen LogP contribution in [0.1, 0.15) is 22.3 Å². The molecule has 0 bridgehead atoms. The normalized spacial score (nSPS) is 13.5. The quantitative estimate of drug-likeness (QED) is 0.128. The fraction of sp³-hybridized carbons (Fsp3) is 0.0179. The van der Waals surface area contributed by atoms with Crippen LogP contribution >= 0.6 is 18.9 Å². The zero-order valence-corrected chi connectivity index (χ0v) is 34.2. The minimum absolute atomic E-state index is 0.486. The summed E-state index contributed by atoms with van der Waals surface area (Å²) >= 11 is 1.88. The van der Waals surface area contributed by atoms with Crippen LogP contribution in [0.5, 0.6) is 0 Å². The van der Waals surface area contributed by atoms with E-state index in [1.807, 2.05) is 72.4 Å². The molecule has 2 nitrogen and oxygen atoms in total. The standard InChI is InChI=1S/C56H36NOPS/c58-59(40-18-6-2-7-19-40,41-20-8-3-9-21-41)42-31-28-37(29-32-42)39-30-35-51-46(36-39)53-45(54(57-51)38-16-4-1-5-17-38)33-34-50-55(53)60-52-27-15-14-26-49(52)56(50)47-24-12-10-22-43(47)44-23-11-13-25-48(44)56/h1-36H. The minimum Gasteiger partial charge on any atom is -0.309 e. The summed E-state index contributed by atoms with van der Waals surface area (Å²) in [6, 6.07) is 77.1. The fourth-order valence-corrected chi connectivity index (χ4v) is 14.0. The van der Waals surface area contributed by atoms with Crippen molar-refractivity contribution in [3.8, 4) is 33.5 Å². The Hall–Kier alpha value is -6.77. The van der Waals surface area contributed by atoms with Gasteiger partial charge in [0.2, 0.25) is 0 Å². The van der Waals surface area contributed by atoms with Crippen molar-refractivity contribution in [2.75, 3.05) is 0 Å². The Morgan fingerprint density at radius 3 is 1.60 bits per heavy atom. The van der Waals surface area contributed by atoms with Crippen molar-refractivity contribution in [3.05, 3.63) is 241 Å². The number of aromatic nitrogens is 1. The van der Waals surface area contributed by atoms with Crippen molar-refractivity contribution >= 4 is 56.5 Å². The van der Waals surface area contributed by atoms with Crippen LogP contribution in [0.25, 0.3) is 55.2 Å². The summed E-state index contributed by atoms with van der Waals surface area (Å²) in [4.78, 5) is 7.96. The lowest BCUT2D eigenvalue weighted by Crippen LogP contribution is -2.32. The molecule has 1 aliphatic carbocycles. The highest BCUT2D eigenvalue weighted by Gasteiger charge is 2.50. The van der Waals surface area contributed by atoms with Crippen LogP contribution in [0, 0.1) is 0 Å². The highest BCUT2D eigenvalue weighted by molar-refractivity contribution is 7.99. The third-order valence-corrected chi connectivity index (χ3v) is 16.9. The van der Waals surface area contributed by atoms with E-state index in [-0.39, 0.29) is 0 Å². The maximum Gasteiger partial charge on any atom is 0.171 e. The first-order valence-electron chi connectivity index (χ1n) is 20.4. The first kappa shape index (κ1) is 35.2. The van der Waals surface area contributed by atoms with Gasteiger partial charge in [-0.25, -0.2) is 4.98 Å². The number of benzene rings is 9. The van der Waals surface area contributed by atoms with Crippen LogP contribution in [0.4, 0.5) is 0 Å². The summed E-state index contributed by atoms with van der Waals surface area (Å²) in [6.45, 7) is 0. The second-order valence-electron chi connectivity index (χ2n) is 15.7. The highest BCUT2D eigenvalue weighted by Crippen LogP contribution is 2.63. The summed E-state index contributed by atoms with van der Waals surface area (Å²) in [5.74, 6) is 0. The van der Waals surface area contributed by atoms with Gasteiger partial charge in [0.1, 0.15) is 0 Å². The van der Waals surface area contributed by atoms with Gasteiger partial charge in [0.05, 0.1) is 16.6 Å². The van der Waals surface area contributed by atoms with Crippen LogP contribution in [-0.2, 0) is 9.98 Å². The third kappa shape index (κ3) is 5.03. The van der Waals surface area contributed by atoms with Gasteiger partial charge in [-0.2, -0.15) is 0 Å². The summed E-state index contributed by atoms with van der Waals surface area (Å²) in [5.41, 5.74) is 12.5. The molecule has 10 aromatic rings. The van der Waals surface area contributed by atoms with Crippen molar-refractivity contribution in [3.63, 3.8) is 0 Å². The van der Waals surface area contributed by atoms with E-state index in [1.54, 1.807) is 0 Å². The van der Waals surface area contributed by atoms with Crippen molar-refractivity contribution in [2.24, 2.45) is 0 Å². The molecule has 0 saturated carbocycles. The lowest BCUT2D eigenvalue weighted by atomic mass is 9.67. The third-order valence-electron chi connectivity index (χ3n) is 12.6. The van der Waals surface area contributed by atoms with Gasteiger partial charge in [-0.15, -0.1) is 0 Å². The van der Waals surface area contributed by atoms with E-state index in [1.165, 1.54) is 48.6 Å². The van der Waals surface area contributed by atoms with E-state index in [4.69, 9.17) is 4.98 Å². The summed E-state index contributed by atoms with van der Waals surface area (Å²) < 4.78 is 15.2. The molecule has 0 amide bonds. The second-order valence-corrected chi connectivity index (χ2v) is 19.5. The maximum absolute atomic E-state index is 15.2. The molecule has 9 aromatic carbocycles. The van der Waals surface area contributed by atoms with E-state index >= 15 is 4.57 Å². The van der Waals surface area contributed by atoms with Crippen LogP contribution in [0.2, 0.25) is 0 Å². The number of rotatable bonds is 5. The molecule has 2 aliphatic rings. The smallest absolute Gasteiger partial charge is 0.171 e. The SMILES string of the molecule is O=P(c1ccccc1)(c1ccccc1)c1ccc(-c2ccc3nc(-c4ccccc4)c4ccc5c(c4c3c2)Sc2ccccc2C52c3ccccc3-c3ccccc32)cc1. The van der Waals surface area contributed by atoms with E-state index in [0.29, 0.717) is 0 Å². The Morgan fingerprint density at radius 2 is 0.950 bits per heavy atom. The van der Waals surface area contributed by atoms with Gasteiger partial charge in [0.25, 0.3) is 0 Å². The van der Waals surface area contributed by atoms with E-state index in [0.717, 1.165) is 54.6 Å². The van der Waals surface area contributed by atoms with Gasteiger partial charge in [0, 0.05) is 47.4 Å². The summed E-state index contributed by atoms with van der Waals surface area (Å²) in [5, 5.41) is 5.94. The number of hydrogen-bond donors (Lipinski definition) is 0. The molecule has 0 atom stereocenters. The Bertz CT molecular complexity index is 3280. The lowest BCUT2D eigenvalue weighted by Gasteiger charge is -2.40. The van der Waals surface area contributed by atoms with Crippen molar-refractivity contribution in [1.29, 1.82) is 0 Å². The number of fused-ring (bicyclic) bond motifs is 13. The Morgan fingerprint density at radius 1 is 0.417 bits per heavy atom. The molecule has 1 spiro atoms. The summed E-state index contributed by atoms with van der Waals surface area (Å²) in [6.07, 6.45) is 0. The number of hydrogen-bond acceptors (Lipinski definition) is 3. The van der Waals surface area contributed by atoms with Gasteiger partial charge in [-0.1, -0.05) is 212 Å². The molecule has 0 fully saturated rings. The van der Waals surface area contributed by atoms with Crippen molar-refractivity contribution in [2.45, 2.75) is 15.2 Å². The Balaban J connectivity index is 1.11. The minimum atomic E-state index is -3.11. The Kier molecular flexibility index (Phi) is 8.00. The van der Waals surface area contributed by atoms with E-state index < -0.39 is 12.6 Å². The van der Waals surface area contributed by atoms with Gasteiger partial charge in [-0.05, 0) is 62.7 Å². The monoisotopic (exact) mass is 801 g/mol. The molecule has 1 aromatic heterocycles. The van der Waals surface area contributed by atoms with Crippen molar-refractivity contribution < 1.29 is 4.57 Å². The second kappa shape index (κ2) is 13.6. The molecule has 0 radical (unpaired) electrons. The first-order valence-corrected chi connectivity index (χ1v) is 22.9. The van der Waals surface area contributed by atoms with Gasteiger partial charge in [-0.3, -0.25) is 0 Å². The number of nitrogens with zero attached hydrogens (tertiary/aromatic N) is 1. The topological polar surface area (TPSA) is 30.0 Å². The molecule has 0 saturated heterocycles. The predicted molar refractivity (Wildman–Crippen MR) is 251 cm³/mol. The molecule has 4 heteroatoms. The average Bonchev–Trinajstić information content (AvgIpc) is 3.62. The van der Waals surface area contributed by atoms with E-state index in [9.17, 15) is 0 Å². The molecule has 282 valence electrons. The molecule has 2 heterocycles. The highest BCUT2D eigenvalue weighted by atomic mass is 32.2. The molecule has 60 heavy (non-hydrogen) atoms. The zero-order chi connectivity index (χ0) is 39.8. The first-order chi connectivity index (χ1) is 29.6.